The number of aromatic amines is 1. The van der Waals surface area contributed by atoms with E-state index in [0.29, 0.717) is 12.1 Å². The van der Waals surface area contributed by atoms with E-state index in [-0.39, 0.29) is 18.3 Å². The van der Waals surface area contributed by atoms with Gasteiger partial charge in [-0.25, -0.2) is 0 Å². The molecule has 0 aliphatic heterocycles. The fourth-order valence-electron chi connectivity index (χ4n) is 3.19. The maximum Gasteiger partial charge on any atom is 0.253 e. The molecule has 154 valence electrons. The number of nitrogens with two attached hydrogens (primary N) is 1. The number of amides is 1. The van der Waals surface area contributed by atoms with Gasteiger partial charge in [0, 0.05) is 37.0 Å². The lowest BCUT2D eigenvalue weighted by atomic mass is 10.1. The molecule has 0 spiro atoms. The molecule has 0 aliphatic rings. The van der Waals surface area contributed by atoms with Gasteiger partial charge in [-0.1, -0.05) is 48.9 Å². The first kappa shape index (κ1) is 22.7. The maximum atomic E-state index is 12.4. The summed E-state index contributed by atoms with van der Waals surface area (Å²) in [5.74, 6) is 0.0599. The topological polar surface area (TPSA) is 75.0 Å². The monoisotopic (exact) mass is 412 g/mol. The first-order chi connectivity index (χ1) is 13.7. The second-order valence-electron chi connectivity index (χ2n) is 7.08. The fourth-order valence-corrected chi connectivity index (χ4v) is 3.19. The van der Waals surface area contributed by atoms with Gasteiger partial charge in [-0.2, -0.15) is 5.10 Å². The van der Waals surface area contributed by atoms with Crippen molar-refractivity contribution in [1.29, 1.82) is 0 Å². The zero-order valence-electron chi connectivity index (χ0n) is 16.8. The minimum atomic E-state index is 0. The Kier molecular flexibility index (Phi) is 8.90. The Labute approximate surface area is 178 Å². The van der Waals surface area contributed by atoms with Crippen LogP contribution in [0.25, 0.3) is 11.3 Å². The number of nitrogens with zero attached hydrogens (tertiary/aromatic N) is 2. The predicted molar refractivity (Wildman–Crippen MR) is 120 cm³/mol. The number of unbranched alkanes of at least 4 members (excludes halogenated alkanes) is 2. The van der Waals surface area contributed by atoms with Crippen LogP contribution < -0.4 is 5.73 Å². The summed E-state index contributed by atoms with van der Waals surface area (Å²) < 4.78 is 0. The van der Waals surface area contributed by atoms with Gasteiger partial charge in [0.1, 0.15) is 0 Å². The van der Waals surface area contributed by atoms with Crippen LogP contribution in [0.3, 0.4) is 0 Å². The Balaban J connectivity index is 0.00000300. The van der Waals surface area contributed by atoms with Crippen molar-refractivity contribution in [3.63, 3.8) is 0 Å². The highest BCUT2D eigenvalue weighted by Crippen LogP contribution is 2.18. The first-order valence-electron chi connectivity index (χ1n) is 9.81. The number of aryl methyl sites for hydroxylation is 1. The third-order valence-corrected chi connectivity index (χ3v) is 4.92. The Morgan fingerprint density at radius 1 is 1.03 bits per heavy atom. The van der Waals surface area contributed by atoms with E-state index in [0.717, 1.165) is 54.7 Å². The highest BCUT2D eigenvalue weighted by molar-refractivity contribution is 5.94. The minimum absolute atomic E-state index is 0. The van der Waals surface area contributed by atoms with E-state index in [1.807, 2.05) is 49.5 Å². The molecule has 0 fully saturated rings. The maximum absolute atomic E-state index is 12.4. The number of carbonyl (C=O) groups is 1. The number of halogens is 1. The van der Waals surface area contributed by atoms with Crippen LogP contribution in [0.15, 0.2) is 60.7 Å². The van der Waals surface area contributed by atoms with E-state index in [4.69, 9.17) is 5.73 Å². The highest BCUT2D eigenvalue weighted by atomic mass is 35.5. The molecule has 0 atom stereocenters. The van der Waals surface area contributed by atoms with E-state index in [1.54, 1.807) is 4.90 Å². The molecule has 0 unspecified atom stereocenters. The van der Waals surface area contributed by atoms with Gasteiger partial charge in [0.15, 0.2) is 0 Å². The zero-order chi connectivity index (χ0) is 19.8. The lowest BCUT2D eigenvalue weighted by Crippen LogP contribution is -2.27. The van der Waals surface area contributed by atoms with Crippen molar-refractivity contribution in [3.05, 3.63) is 77.5 Å². The summed E-state index contributed by atoms with van der Waals surface area (Å²) in [5, 5.41) is 7.53. The summed E-state index contributed by atoms with van der Waals surface area (Å²) in [6.45, 7) is 1.25. The van der Waals surface area contributed by atoms with Gasteiger partial charge >= 0.3 is 0 Å². The highest BCUT2D eigenvalue weighted by Gasteiger charge is 2.11. The summed E-state index contributed by atoms with van der Waals surface area (Å²) in [6.07, 6.45) is 4.11. The molecular weight excluding hydrogens is 384 g/mol. The molecule has 29 heavy (non-hydrogen) atoms. The van der Waals surface area contributed by atoms with Gasteiger partial charge in [-0.15, -0.1) is 12.4 Å². The van der Waals surface area contributed by atoms with Crippen LogP contribution in [-0.2, 0) is 13.0 Å². The molecule has 3 N–H and O–H groups in total. The number of carbonyl (C=O) groups excluding carboxylic acids is 1. The number of hydrogen-bond acceptors (Lipinski definition) is 3. The Bertz CT molecular complexity index is 877. The van der Waals surface area contributed by atoms with E-state index < -0.39 is 0 Å². The lowest BCUT2D eigenvalue weighted by Gasteiger charge is -2.17. The van der Waals surface area contributed by atoms with Gasteiger partial charge in [0.05, 0.1) is 5.69 Å². The number of rotatable bonds is 9. The molecule has 2 aromatic carbocycles. The van der Waals surface area contributed by atoms with Crippen molar-refractivity contribution in [3.8, 4) is 11.3 Å². The van der Waals surface area contributed by atoms with E-state index >= 15 is 0 Å². The summed E-state index contributed by atoms with van der Waals surface area (Å²) in [6, 6.07) is 19.8. The molecule has 1 aromatic heterocycles. The SMILES string of the molecule is CN(CCCCCc1cc(-c2ccccc2)n[nH]1)C(=O)c1ccc(CN)cc1.Cl. The van der Waals surface area contributed by atoms with Crippen molar-refractivity contribution in [2.75, 3.05) is 13.6 Å². The fraction of sp³-hybridized carbons (Fsp3) is 0.304. The minimum Gasteiger partial charge on any atom is -0.342 e. The lowest BCUT2D eigenvalue weighted by molar-refractivity contribution is 0.0792. The summed E-state index contributed by atoms with van der Waals surface area (Å²) in [7, 11) is 1.86. The van der Waals surface area contributed by atoms with Crippen LogP contribution in [0.2, 0.25) is 0 Å². The van der Waals surface area contributed by atoms with Crippen LogP contribution in [0, 0.1) is 0 Å². The van der Waals surface area contributed by atoms with Gasteiger partial charge in [0.25, 0.3) is 5.91 Å². The smallest absolute Gasteiger partial charge is 0.253 e. The summed E-state index contributed by atoms with van der Waals surface area (Å²) in [5.41, 5.74) is 10.6. The molecule has 0 saturated carbocycles. The van der Waals surface area contributed by atoms with Crippen molar-refractivity contribution in [1.82, 2.24) is 15.1 Å². The number of hydrogen-bond donors (Lipinski definition) is 2. The van der Waals surface area contributed by atoms with Crippen molar-refractivity contribution in [2.45, 2.75) is 32.2 Å². The third kappa shape index (κ3) is 6.44. The second kappa shape index (κ2) is 11.4. The Hall–Kier alpha value is -2.63. The molecule has 0 bridgehead atoms. The van der Waals surface area contributed by atoms with E-state index in [1.165, 1.54) is 0 Å². The molecule has 1 amide bonds. The molecule has 0 radical (unpaired) electrons. The summed E-state index contributed by atoms with van der Waals surface area (Å²) in [4.78, 5) is 14.2. The molecule has 3 rings (SSSR count). The predicted octanol–water partition coefficient (Wildman–Crippen LogP) is 4.44. The van der Waals surface area contributed by atoms with Gasteiger partial charge in [-0.05, 0) is 43.0 Å². The zero-order valence-corrected chi connectivity index (χ0v) is 17.6. The van der Waals surface area contributed by atoms with Gasteiger partial charge in [0.2, 0.25) is 0 Å². The molecular formula is C23H29ClN4O. The van der Waals surface area contributed by atoms with Crippen LogP contribution in [0.4, 0.5) is 0 Å². The number of benzene rings is 2. The van der Waals surface area contributed by atoms with E-state index in [2.05, 4.69) is 28.4 Å². The third-order valence-electron chi connectivity index (χ3n) is 4.92. The number of aromatic nitrogens is 2. The van der Waals surface area contributed by atoms with E-state index in [9.17, 15) is 4.79 Å². The van der Waals surface area contributed by atoms with Gasteiger partial charge < -0.3 is 10.6 Å². The normalized spacial score (nSPS) is 10.4. The first-order valence-corrected chi connectivity index (χ1v) is 9.81. The number of H-pyrrole nitrogens is 1. The molecule has 3 aromatic rings. The van der Waals surface area contributed by atoms with Crippen LogP contribution in [0.1, 0.15) is 40.9 Å². The molecule has 6 heteroatoms. The molecule has 0 aliphatic carbocycles. The molecule has 5 nitrogen and oxygen atoms in total. The largest absolute Gasteiger partial charge is 0.342 e. The number of nitrogens with one attached hydrogen (secondary N) is 1. The van der Waals surface area contributed by atoms with Crippen LogP contribution >= 0.6 is 12.4 Å². The summed E-state index contributed by atoms with van der Waals surface area (Å²) >= 11 is 0. The average molecular weight is 413 g/mol. The Morgan fingerprint density at radius 2 is 1.76 bits per heavy atom. The van der Waals surface area contributed by atoms with Crippen molar-refractivity contribution < 1.29 is 4.79 Å². The average Bonchev–Trinajstić information content (AvgIpc) is 3.22. The Morgan fingerprint density at radius 3 is 2.45 bits per heavy atom. The van der Waals surface area contributed by atoms with Gasteiger partial charge in [-0.3, -0.25) is 9.89 Å². The standard InChI is InChI=1S/C23H28N4O.ClH/c1-27(23(28)20-13-11-18(17-24)12-14-20)15-7-3-6-10-21-16-22(26-25-21)19-8-4-2-5-9-19;/h2,4-5,8-9,11-14,16H,3,6-7,10,15,17,24H2,1H3,(H,25,26);1H. The second-order valence-corrected chi connectivity index (χ2v) is 7.08. The molecule has 0 saturated heterocycles. The quantitative estimate of drug-likeness (QED) is 0.510. The van der Waals surface area contributed by atoms with Crippen molar-refractivity contribution in [2.24, 2.45) is 5.73 Å². The van der Waals surface area contributed by atoms with Crippen LogP contribution in [0.5, 0.6) is 0 Å². The van der Waals surface area contributed by atoms with Crippen molar-refractivity contribution >= 4 is 18.3 Å². The molecule has 1 heterocycles. The van der Waals surface area contributed by atoms with Crippen LogP contribution in [-0.4, -0.2) is 34.6 Å².